The maximum absolute atomic E-state index is 12.5. The third-order valence-electron chi connectivity index (χ3n) is 3.90. The van der Waals surface area contributed by atoms with Crippen molar-refractivity contribution in [1.29, 1.82) is 0 Å². The van der Waals surface area contributed by atoms with Crippen LogP contribution >= 0.6 is 0 Å². The van der Waals surface area contributed by atoms with E-state index >= 15 is 0 Å². The van der Waals surface area contributed by atoms with E-state index in [9.17, 15) is 4.79 Å². The van der Waals surface area contributed by atoms with E-state index in [-0.39, 0.29) is 5.91 Å². The van der Waals surface area contributed by atoms with Crippen molar-refractivity contribution in [3.63, 3.8) is 0 Å². The van der Waals surface area contributed by atoms with Crippen LogP contribution in [0, 0.1) is 0 Å². The topological polar surface area (TPSA) is 52.2 Å². The fourth-order valence-electron chi connectivity index (χ4n) is 2.67. The molecule has 0 saturated carbocycles. The maximum Gasteiger partial charge on any atom is 0.253 e. The number of hydrogen-bond acceptors (Lipinski definition) is 3. The second kappa shape index (κ2) is 4.66. The summed E-state index contributed by atoms with van der Waals surface area (Å²) < 4.78 is 0. The van der Waals surface area contributed by atoms with E-state index < -0.39 is 0 Å². The van der Waals surface area contributed by atoms with Crippen molar-refractivity contribution in [1.82, 2.24) is 19.8 Å². The highest BCUT2D eigenvalue weighted by atomic mass is 16.2. The minimum atomic E-state index is 0.0804. The molecule has 5 nitrogen and oxygen atoms in total. The average Bonchev–Trinajstić information content (AvgIpc) is 3.04. The van der Waals surface area contributed by atoms with Crippen molar-refractivity contribution in [2.45, 2.75) is 12.5 Å². The third-order valence-corrected chi connectivity index (χ3v) is 3.90. The first-order chi connectivity index (χ1) is 9.15. The van der Waals surface area contributed by atoms with Crippen LogP contribution in [0.1, 0.15) is 16.8 Å². The van der Waals surface area contributed by atoms with Crippen LogP contribution in [0.2, 0.25) is 0 Å². The molecule has 1 aromatic carbocycles. The van der Waals surface area contributed by atoms with Gasteiger partial charge in [-0.2, -0.15) is 0 Å². The number of likely N-dealkylation sites (N-methyl/N-ethyl adjacent to an activating group) is 2. The third kappa shape index (κ3) is 2.21. The van der Waals surface area contributed by atoms with E-state index in [0.29, 0.717) is 11.6 Å². The fraction of sp³-hybridized carbons (Fsp3) is 0.429. The predicted octanol–water partition coefficient (Wildman–Crippen LogP) is 1.34. The van der Waals surface area contributed by atoms with Crippen LogP contribution in [0.25, 0.3) is 11.0 Å². The van der Waals surface area contributed by atoms with Crippen LogP contribution < -0.4 is 0 Å². The molecule has 3 rings (SSSR count). The summed E-state index contributed by atoms with van der Waals surface area (Å²) in [5.74, 6) is 0.0804. The number of H-pyrrole nitrogens is 1. The molecule has 1 saturated heterocycles. The number of aromatic nitrogens is 2. The Bertz CT molecular complexity index is 606. The van der Waals surface area contributed by atoms with E-state index in [2.05, 4.69) is 21.9 Å². The molecule has 1 aliphatic rings. The summed E-state index contributed by atoms with van der Waals surface area (Å²) in [6.07, 6.45) is 2.69. The second-order valence-corrected chi connectivity index (χ2v) is 5.26. The quantitative estimate of drug-likeness (QED) is 0.884. The summed E-state index contributed by atoms with van der Waals surface area (Å²) in [4.78, 5) is 23.8. The van der Waals surface area contributed by atoms with Crippen LogP contribution in [0.4, 0.5) is 0 Å². The Balaban J connectivity index is 1.82. The smallest absolute Gasteiger partial charge is 0.253 e. The lowest BCUT2D eigenvalue weighted by atomic mass is 10.1. The Morgan fingerprint density at radius 3 is 3.11 bits per heavy atom. The molecule has 1 aliphatic heterocycles. The number of nitrogens with zero attached hydrogens (tertiary/aromatic N) is 3. The van der Waals surface area contributed by atoms with Gasteiger partial charge >= 0.3 is 0 Å². The SMILES string of the molecule is CN1CCC(N(C)C(=O)c2ccc3nc[nH]c3c2)C1. The highest BCUT2D eigenvalue weighted by molar-refractivity contribution is 5.97. The molecule has 19 heavy (non-hydrogen) atoms. The lowest BCUT2D eigenvalue weighted by molar-refractivity contribution is 0.0737. The molecule has 1 atom stereocenters. The van der Waals surface area contributed by atoms with Crippen molar-refractivity contribution < 1.29 is 4.79 Å². The summed E-state index contributed by atoms with van der Waals surface area (Å²) in [6.45, 7) is 2.01. The number of likely N-dealkylation sites (tertiary alicyclic amines) is 1. The molecule has 5 heteroatoms. The number of benzene rings is 1. The monoisotopic (exact) mass is 258 g/mol. The number of carbonyl (C=O) groups excluding carboxylic acids is 1. The molecular formula is C14H18N4O. The average molecular weight is 258 g/mol. The van der Waals surface area contributed by atoms with Crippen LogP contribution in [-0.2, 0) is 0 Å². The summed E-state index contributed by atoms with van der Waals surface area (Å²) in [6, 6.07) is 5.92. The van der Waals surface area contributed by atoms with Gasteiger partial charge in [-0.25, -0.2) is 4.98 Å². The minimum Gasteiger partial charge on any atom is -0.345 e. The molecule has 2 heterocycles. The van der Waals surface area contributed by atoms with Gasteiger partial charge in [0.15, 0.2) is 0 Å². The first-order valence-corrected chi connectivity index (χ1v) is 6.54. The summed E-state index contributed by atoms with van der Waals surface area (Å²) in [5, 5.41) is 0. The molecule has 0 bridgehead atoms. The van der Waals surface area contributed by atoms with E-state index in [1.165, 1.54) is 0 Å². The lowest BCUT2D eigenvalue weighted by Gasteiger charge is -2.24. The van der Waals surface area contributed by atoms with Gasteiger partial charge in [-0.05, 0) is 38.2 Å². The molecule has 1 N–H and O–H groups in total. The molecule has 0 radical (unpaired) electrons. The summed E-state index contributed by atoms with van der Waals surface area (Å²) in [7, 11) is 3.98. The van der Waals surface area contributed by atoms with Gasteiger partial charge in [0.05, 0.1) is 17.4 Å². The summed E-state index contributed by atoms with van der Waals surface area (Å²) >= 11 is 0. The molecule has 1 amide bonds. The van der Waals surface area contributed by atoms with Gasteiger partial charge in [0.25, 0.3) is 5.91 Å². The summed E-state index contributed by atoms with van der Waals surface area (Å²) in [5.41, 5.74) is 2.51. The highest BCUT2D eigenvalue weighted by Crippen LogP contribution is 2.17. The first-order valence-electron chi connectivity index (χ1n) is 6.54. The number of hydrogen-bond donors (Lipinski definition) is 1. The molecule has 1 aromatic heterocycles. The first kappa shape index (κ1) is 12.2. The number of rotatable bonds is 2. The molecular weight excluding hydrogens is 240 g/mol. The number of imidazole rings is 1. The zero-order valence-electron chi connectivity index (χ0n) is 11.3. The van der Waals surface area contributed by atoms with Crippen LogP contribution in [-0.4, -0.2) is 58.9 Å². The zero-order chi connectivity index (χ0) is 13.4. The van der Waals surface area contributed by atoms with Gasteiger partial charge in [0.1, 0.15) is 0 Å². The van der Waals surface area contributed by atoms with Crippen molar-refractivity contribution >= 4 is 16.9 Å². The van der Waals surface area contributed by atoms with Gasteiger partial charge in [-0.1, -0.05) is 0 Å². The standard InChI is InChI=1S/C14H18N4O/c1-17-6-5-11(8-17)18(2)14(19)10-3-4-12-13(7-10)16-9-15-12/h3-4,7,9,11H,5-6,8H2,1-2H3,(H,15,16). The number of nitrogens with one attached hydrogen (secondary N) is 1. The van der Waals surface area contributed by atoms with E-state index in [1.807, 2.05) is 30.1 Å². The molecule has 0 spiro atoms. The Morgan fingerprint density at radius 1 is 1.53 bits per heavy atom. The highest BCUT2D eigenvalue weighted by Gasteiger charge is 2.27. The van der Waals surface area contributed by atoms with Crippen molar-refractivity contribution in [2.24, 2.45) is 0 Å². The lowest BCUT2D eigenvalue weighted by Crippen LogP contribution is -2.38. The Kier molecular flexibility index (Phi) is 2.98. The van der Waals surface area contributed by atoms with Crippen LogP contribution in [0.5, 0.6) is 0 Å². The number of amides is 1. The molecule has 100 valence electrons. The van der Waals surface area contributed by atoms with Crippen molar-refractivity contribution in [3.8, 4) is 0 Å². The number of aromatic amines is 1. The molecule has 0 aliphatic carbocycles. The zero-order valence-corrected chi connectivity index (χ0v) is 11.3. The van der Waals surface area contributed by atoms with Gasteiger partial charge < -0.3 is 14.8 Å². The van der Waals surface area contributed by atoms with Crippen LogP contribution in [0.3, 0.4) is 0 Å². The fourth-order valence-corrected chi connectivity index (χ4v) is 2.67. The predicted molar refractivity (Wildman–Crippen MR) is 74.1 cm³/mol. The van der Waals surface area contributed by atoms with E-state index in [0.717, 1.165) is 30.5 Å². The van der Waals surface area contributed by atoms with Crippen molar-refractivity contribution in [2.75, 3.05) is 27.2 Å². The van der Waals surface area contributed by atoms with E-state index in [1.54, 1.807) is 6.33 Å². The second-order valence-electron chi connectivity index (χ2n) is 5.26. The number of carbonyl (C=O) groups is 1. The van der Waals surface area contributed by atoms with Crippen LogP contribution in [0.15, 0.2) is 24.5 Å². The minimum absolute atomic E-state index is 0.0804. The van der Waals surface area contributed by atoms with Gasteiger partial charge in [0, 0.05) is 25.2 Å². The maximum atomic E-state index is 12.5. The molecule has 2 aromatic rings. The van der Waals surface area contributed by atoms with E-state index in [4.69, 9.17) is 0 Å². The van der Waals surface area contributed by atoms with Crippen molar-refractivity contribution in [3.05, 3.63) is 30.1 Å². The normalized spacial score (nSPS) is 20.0. The Morgan fingerprint density at radius 2 is 2.37 bits per heavy atom. The molecule has 1 fully saturated rings. The largest absolute Gasteiger partial charge is 0.345 e. The Hall–Kier alpha value is -1.88. The van der Waals surface area contributed by atoms with Gasteiger partial charge in [-0.15, -0.1) is 0 Å². The molecule has 1 unspecified atom stereocenters. The van der Waals surface area contributed by atoms with Gasteiger partial charge in [0.2, 0.25) is 0 Å². The van der Waals surface area contributed by atoms with Gasteiger partial charge in [-0.3, -0.25) is 4.79 Å². The number of fused-ring (bicyclic) bond motifs is 1. The Labute approximate surface area is 112 Å².